The molecule has 0 aromatic carbocycles. The third kappa shape index (κ3) is 2.19. The molecule has 1 aliphatic rings. The molecule has 1 aromatic rings. The topological polar surface area (TPSA) is 84.1 Å². The van der Waals surface area contributed by atoms with Gasteiger partial charge in [0.05, 0.1) is 18.3 Å². The van der Waals surface area contributed by atoms with Crippen LogP contribution in [0.4, 0.5) is 0 Å². The number of H-pyrrole nitrogens is 1. The lowest BCUT2D eigenvalue weighted by Crippen LogP contribution is -2.39. The molecule has 1 saturated heterocycles. The van der Waals surface area contributed by atoms with Crippen LogP contribution in [0.2, 0.25) is 0 Å². The second-order valence-corrected chi connectivity index (χ2v) is 5.20. The van der Waals surface area contributed by atoms with Crippen LogP contribution in [0.15, 0.2) is 17.3 Å². The molecular weight excluding hydrogens is 218 g/mol. The Morgan fingerprint density at radius 2 is 2.47 bits per heavy atom. The second-order valence-electron chi connectivity index (χ2n) is 3.51. The van der Waals surface area contributed by atoms with E-state index in [2.05, 4.69) is 14.9 Å². The number of aromatic amines is 1. The molecule has 1 fully saturated rings. The van der Waals surface area contributed by atoms with Crippen LogP contribution in [0.1, 0.15) is 13.3 Å². The first-order chi connectivity index (χ1) is 7.09. The maximum atomic E-state index is 11.8. The molecule has 84 valence electrons. The second kappa shape index (κ2) is 3.92. The zero-order chi connectivity index (χ0) is 10.9. The summed E-state index contributed by atoms with van der Waals surface area (Å²) < 4.78 is 31.4. The highest BCUT2D eigenvalue weighted by molar-refractivity contribution is 7.89. The van der Waals surface area contributed by atoms with Gasteiger partial charge < -0.3 is 4.74 Å². The van der Waals surface area contributed by atoms with Crippen LogP contribution in [0.3, 0.4) is 0 Å². The van der Waals surface area contributed by atoms with E-state index in [-0.39, 0.29) is 17.2 Å². The molecule has 0 saturated carbocycles. The number of hydrogen-bond acceptors (Lipinski definition) is 4. The molecule has 0 radical (unpaired) electrons. The number of ether oxygens (including phenoxy) is 1. The molecule has 7 heteroatoms. The Hall–Kier alpha value is -0.920. The Kier molecular flexibility index (Phi) is 2.76. The third-order valence-corrected chi connectivity index (χ3v) is 3.87. The van der Waals surface area contributed by atoms with Crippen molar-refractivity contribution in [3.63, 3.8) is 0 Å². The minimum Gasteiger partial charge on any atom is -0.377 e. The van der Waals surface area contributed by atoms with Gasteiger partial charge in [-0.1, -0.05) is 0 Å². The molecule has 2 unspecified atom stereocenters. The third-order valence-electron chi connectivity index (χ3n) is 2.45. The van der Waals surface area contributed by atoms with Crippen molar-refractivity contribution in [1.29, 1.82) is 0 Å². The van der Waals surface area contributed by atoms with Crippen molar-refractivity contribution in [3.05, 3.63) is 12.3 Å². The van der Waals surface area contributed by atoms with Gasteiger partial charge in [-0.25, -0.2) is 13.1 Å². The molecule has 0 amide bonds. The van der Waals surface area contributed by atoms with Crippen molar-refractivity contribution in [2.24, 2.45) is 0 Å². The lowest BCUT2D eigenvalue weighted by atomic mass is 10.2. The molecular formula is C8H13N3O3S. The SMILES string of the molecule is CC1OCCC1NS(=O)(=O)c1ccn[nH]1. The predicted molar refractivity (Wildman–Crippen MR) is 52.7 cm³/mol. The van der Waals surface area contributed by atoms with Crippen LogP contribution in [-0.4, -0.2) is 37.4 Å². The standard InChI is InChI=1S/C8H13N3O3S/c1-6-7(3-5-14-6)11-15(12,13)8-2-4-9-10-8/h2,4,6-7,11H,3,5H2,1H3,(H,9,10). The van der Waals surface area contributed by atoms with Crippen molar-refractivity contribution in [2.75, 3.05) is 6.61 Å². The van der Waals surface area contributed by atoms with Gasteiger partial charge in [-0.05, 0) is 19.4 Å². The number of aromatic nitrogens is 2. The number of sulfonamides is 1. The summed E-state index contributed by atoms with van der Waals surface area (Å²) in [7, 11) is -3.48. The van der Waals surface area contributed by atoms with E-state index < -0.39 is 10.0 Å². The molecule has 6 nitrogen and oxygen atoms in total. The van der Waals surface area contributed by atoms with Gasteiger partial charge in [-0.15, -0.1) is 0 Å². The average molecular weight is 231 g/mol. The normalized spacial score (nSPS) is 27.0. The summed E-state index contributed by atoms with van der Waals surface area (Å²) in [6, 6.07) is 1.27. The summed E-state index contributed by atoms with van der Waals surface area (Å²) >= 11 is 0. The van der Waals surface area contributed by atoms with Crippen LogP contribution in [0.25, 0.3) is 0 Å². The molecule has 0 bridgehead atoms. The number of hydrogen-bond donors (Lipinski definition) is 2. The molecule has 1 aliphatic heterocycles. The first-order valence-corrected chi connectivity index (χ1v) is 6.21. The lowest BCUT2D eigenvalue weighted by Gasteiger charge is -2.14. The largest absolute Gasteiger partial charge is 0.377 e. The molecule has 15 heavy (non-hydrogen) atoms. The Balaban J connectivity index is 2.11. The minimum absolute atomic E-state index is 0.0808. The fourth-order valence-electron chi connectivity index (χ4n) is 1.54. The van der Waals surface area contributed by atoms with Gasteiger partial charge in [0, 0.05) is 6.61 Å². The molecule has 0 spiro atoms. The number of nitrogens with zero attached hydrogens (tertiary/aromatic N) is 1. The van der Waals surface area contributed by atoms with Gasteiger partial charge >= 0.3 is 0 Å². The number of nitrogens with one attached hydrogen (secondary N) is 2. The van der Waals surface area contributed by atoms with Crippen molar-refractivity contribution in [1.82, 2.24) is 14.9 Å². The van der Waals surface area contributed by atoms with E-state index in [4.69, 9.17) is 4.74 Å². The van der Waals surface area contributed by atoms with Crippen molar-refractivity contribution < 1.29 is 13.2 Å². The number of rotatable bonds is 3. The maximum absolute atomic E-state index is 11.8. The summed E-state index contributed by atoms with van der Waals surface area (Å²) in [5, 5.41) is 6.12. The van der Waals surface area contributed by atoms with Crippen LogP contribution >= 0.6 is 0 Å². The summed E-state index contributed by atoms with van der Waals surface area (Å²) in [6.07, 6.45) is 2.03. The molecule has 2 atom stereocenters. The fraction of sp³-hybridized carbons (Fsp3) is 0.625. The van der Waals surface area contributed by atoms with E-state index in [0.29, 0.717) is 13.0 Å². The van der Waals surface area contributed by atoms with E-state index in [1.165, 1.54) is 12.3 Å². The summed E-state index contributed by atoms with van der Waals surface area (Å²) in [6.45, 7) is 2.45. The summed E-state index contributed by atoms with van der Waals surface area (Å²) in [5.74, 6) is 0. The predicted octanol–water partition coefficient (Wildman–Crippen LogP) is -0.135. The summed E-state index contributed by atoms with van der Waals surface area (Å²) in [4.78, 5) is 0. The highest BCUT2D eigenvalue weighted by atomic mass is 32.2. The first kappa shape index (κ1) is 10.6. The zero-order valence-electron chi connectivity index (χ0n) is 8.30. The monoisotopic (exact) mass is 231 g/mol. The molecule has 2 heterocycles. The average Bonchev–Trinajstić information content (AvgIpc) is 2.77. The molecule has 0 aliphatic carbocycles. The van der Waals surface area contributed by atoms with Crippen molar-refractivity contribution >= 4 is 10.0 Å². The highest BCUT2D eigenvalue weighted by Gasteiger charge is 2.29. The van der Waals surface area contributed by atoms with Gasteiger partial charge in [-0.2, -0.15) is 5.10 Å². The Bertz CT molecular complexity index is 414. The molecule has 1 aromatic heterocycles. The van der Waals surface area contributed by atoms with E-state index in [9.17, 15) is 8.42 Å². The Morgan fingerprint density at radius 3 is 3.00 bits per heavy atom. The van der Waals surface area contributed by atoms with Gasteiger partial charge in [-0.3, -0.25) is 5.10 Å². The zero-order valence-corrected chi connectivity index (χ0v) is 9.12. The smallest absolute Gasteiger partial charge is 0.257 e. The van der Waals surface area contributed by atoms with E-state index in [0.717, 1.165) is 0 Å². The van der Waals surface area contributed by atoms with Crippen LogP contribution in [0, 0.1) is 0 Å². The first-order valence-electron chi connectivity index (χ1n) is 4.73. The fourth-order valence-corrected chi connectivity index (χ4v) is 2.79. The van der Waals surface area contributed by atoms with Crippen LogP contribution < -0.4 is 4.72 Å². The van der Waals surface area contributed by atoms with Gasteiger partial charge in [0.1, 0.15) is 0 Å². The maximum Gasteiger partial charge on any atom is 0.257 e. The Morgan fingerprint density at radius 1 is 1.67 bits per heavy atom. The Labute approximate surface area is 88.1 Å². The minimum atomic E-state index is -3.48. The van der Waals surface area contributed by atoms with E-state index in [1.54, 1.807) is 0 Å². The van der Waals surface area contributed by atoms with Gasteiger partial charge in [0.15, 0.2) is 5.03 Å². The highest BCUT2D eigenvalue weighted by Crippen LogP contribution is 2.15. The van der Waals surface area contributed by atoms with E-state index in [1.807, 2.05) is 6.92 Å². The summed E-state index contributed by atoms with van der Waals surface area (Å²) in [5.41, 5.74) is 0. The van der Waals surface area contributed by atoms with Gasteiger partial charge in [0.2, 0.25) is 0 Å². The molecule has 2 N–H and O–H groups in total. The van der Waals surface area contributed by atoms with Crippen molar-refractivity contribution in [3.8, 4) is 0 Å². The molecule has 2 rings (SSSR count). The lowest BCUT2D eigenvalue weighted by molar-refractivity contribution is 0.117. The van der Waals surface area contributed by atoms with Crippen LogP contribution in [-0.2, 0) is 14.8 Å². The van der Waals surface area contributed by atoms with Gasteiger partial charge in [0.25, 0.3) is 10.0 Å². The van der Waals surface area contributed by atoms with E-state index >= 15 is 0 Å². The van der Waals surface area contributed by atoms with Crippen molar-refractivity contribution in [2.45, 2.75) is 30.5 Å². The quantitative estimate of drug-likeness (QED) is 0.758. The van der Waals surface area contributed by atoms with Crippen LogP contribution in [0.5, 0.6) is 0 Å².